The number of aryl methyl sites for hydroxylation is 1. The van der Waals surface area contributed by atoms with Crippen molar-refractivity contribution in [3.8, 4) is 0 Å². The van der Waals surface area contributed by atoms with Crippen molar-refractivity contribution in [3.05, 3.63) is 65.1 Å². The minimum Gasteiger partial charge on any atom is -0.467 e. The van der Waals surface area contributed by atoms with Crippen LogP contribution < -0.4 is 10.2 Å². The van der Waals surface area contributed by atoms with Crippen molar-refractivity contribution in [2.45, 2.75) is 51.1 Å². The van der Waals surface area contributed by atoms with Gasteiger partial charge in [-0.3, -0.25) is 14.5 Å². The van der Waals surface area contributed by atoms with Crippen molar-refractivity contribution in [2.24, 2.45) is 0 Å². The summed E-state index contributed by atoms with van der Waals surface area (Å²) in [5, 5.41) is 8.67. The highest BCUT2D eigenvalue weighted by molar-refractivity contribution is 7.03. The first-order chi connectivity index (χ1) is 14.6. The number of hydrogen-bond acceptors (Lipinski definition) is 6. The molecule has 1 N–H and O–H groups in total. The van der Waals surface area contributed by atoms with E-state index in [4.69, 9.17) is 4.42 Å². The Morgan fingerprint density at radius 3 is 2.70 bits per heavy atom. The van der Waals surface area contributed by atoms with Gasteiger partial charge in [-0.15, -0.1) is 5.10 Å². The summed E-state index contributed by atoms with van der Waals surface area (Å²) in [6.07, 6.45) is 6.80. The van der Waals surface area contributed by atoms with Gasteiger partial charge in [-0.25, -0.2) is 0 Å². The fraction of sp³-hybridized carbons (Fsp3) is 0.364. The second-order valence-corrected chi connectivity index (χ2v) is 8.18. The summed E-state index contributed by atoms with van der Waals surface area (Å²) in [4.78, 5) is 28.4. The fourth-order valence-electron chi connectivity index (χ4n) is 3.89. The van der Waals surface area contributed by atoms with Crippen LogP contribution in [0, 0.1) is 6.92 Å². The topological polar surface area (TPSA) is 88.3 Å². The SMILES string of the molecule is Cc1cccc(N(C(=O)c2csnn2)[C@@H](C(=O)NC2CCCCC2)c2ccco2)c1. The lowest BCUT2D eigenvalue weighted by Crippen LogP contribution is -2.47. The molecule has 2 amide bonds. The van der Waals surface area contributed by atoms with Crippen LogP contribution in [0.4, 0.5) is 5.69 Å². The van der Waals surface area contributed by atoms with Crippen LogP contribution >= 0.6 is 11.5 Å². The average molecular weight is 425 g/mol. The minimum atomic E-state index is -0.946. The van der Waals surface area contributed by atoms with Gasteiger partial charge in [0.1, 0.15) is 5.76 Å². The summed E-state index contributed by atoms with van der Waals surface area (Å²) in [5.41, 5.74) is 1.78. The van der Waals surface area contributed by atoms with Crippen LogP contribution in [0.3, 0.4) is 0 Å². The van der Waals surface area contributed by atoms with Crippen molar-refractivity contribution in [1.29, 1.82) is 0 Å². The quantitative estimate of drug-likeness (QED) is 0.638. The molecule has 1 atom stereocenters. The maximum absolute atomic E-state index is 13.5. The zero-order chi connectivity index (χ0) is 20.9. The second-order valence-electron chi connectivity index (χ2n) is 7.57. The number of benzene rings is 1. The Hall–Kier alpha value is -3.00. The van der Waals surface area contributed by atoms with Gasteiger partial charge in [0.05, 0.1) is 6.26 Å². The Kier molecular flexibility index (Phi) is 6.23. The number of nitrogens with zero attached hydrogens (tertiary/aromatic N) is 3. The lowest BCUT2D eigenvalue weighted by Gasteiger charge is -2.31. The molecule has 0 aliphatic heterocycles. The smallest absolute Gasteiger partial charge is 0.280 e. The molecule has 4 rings (SSSR count). The van der Waals surface area contributed by atoms with Crippen LogP contribution in [0.5, 0.6) is 0 Å². The number of amides is 2. The first-order valence-corrected chi connectivity index (χ1v) is 11.0. The van der Waals surface area contributed by atoms with Crippen molar-refractivity contribution in [2.75, 3.05) is 4.90 Å². The van der Waals surface area contributed by atoms with Gasteiger partial charge in [0.15, 0.2) is 11.7 Å². The summed E-state index contributed by atoms with van der Waals surface area (Å²) in [5.74, 6) is -0.245. The van der Waals surface area contributed by atoms with E-state index >= 15 is 0 Å². The molecular weight excluding hydrogens is 400 g/mol. The number of hydrogen-bond donors (Lipinski definition) is 1. The lowest BCUT2D eigenvalue weighted by molar-refractivity contribution is -0.123. The first-order valence-electron chi connectivity index (χ1n) is 10.1. The van der Waals surface area contributed by atoms with E-state index < -0.39 is 11.9 Å². The van der Waals surface area contributed by atoms with Crippen LogP contribution in [0.25, 0.3) is 0 Å². The molecule has 0 saturated heterocycles. The Labute approximate surface area is 179 Å². The van der Waals surface area contributed by atoms with Gasteiger partial charge in [-0.05, 0) is 61.1 Å². The molecule has 0 radical (unpaired) electrons. The molecule has 1 aliphatic rings. The van der Waals surface area contributed by atoms with Crippen molar-refractivity contribution < 1.29 is 14.0 Å². The Morgan fingerprint density at radius 1 is 1.20 bits per heavy atom. The van der Waals surface area contributed by atoms with E-state index in [9.17, 15) is 9.59 Å². The standard InChI is InChI=1S/C22H24N4O3S/c1-15-7-5-10-17(13-15)26(22(28)18-14-30-25-24-18)20(19-11-6-12-29-19)21(27)23-16-8-3-2-4-9-16/h5-7,10-14,16,20H,2-4,8-9H2,1H3,(H,23,27)/t20-/m1/s1. The van der Waals surface area contributed by atoms with Crippen LogP contribution in [0.1, 0.15) is 60.0 Å². The average Bonchev–Trinajstić information content (AvgIpc) is 3.46. The molecule has 1 aromatic carbocycles. The molecule has 7 nitrogen and oxygen atoms in total. The fourth-order valence-corrected chi connectivity index (χ4v) is 4.32. The van der Waals surface area contributed by atoms with Crippen molar-refractivity contribution in [1.82, 2.24) is 14.9 Å². The van der Waals surface area contributed by atoms with E-state index in [0.717, 1.165) is 42.8 Å². The molecule has 8 heteroatoms. The van der Waals surface area contributed by atoms with Gasteiger partial charge in [0.2, 0.25) is 0 Å². The first kappa shape index (κ1) is 20.3. The van der Waals surface area contributed by atoms with Gasteiger partial charge >= 0.3 is 0 Å². The number of aromatic nitrogens is 2. The van der Waals surface area contributed by atoms with Gasteiger partial charge in [-0.2, -0.15) is 0 Å². The highest BCUT2D eigenvalue weighted by Gasteiger charge is 2.37. The summed E-state index contributed by atoms with van der Waals surface area (Å²) in [7, 11) is 0. The third-order valence-electron chi connectivity index (χ3n) is 5.35. The molecule has 2 heterocycles. The lowest BCUT2D eigenvalue weighted by atomic mass is 9.95. The van der Waals surface area contributed by atoms with E-state index in [1.54, 1.807) is 17.5 Å². The van der Waals surface area contributed by atoms with E-state index in [0.29, 0.717) is 11.4 Å². The molecule has 0 bridgehead atoms. The zero-order valence-electron chi connectivity index (χ0n) is 16.8. The maximum Gasteiger partial charge on any atom is 0.280 e. The molecule has 30 heavy (non-hydrogen) atoms. The van der Waals surface area contributed by atoms with Crippen LogP contribution in [0.15, 0.2) is 52.5 Å². The summed E-state index contributed by atoms with van der Waals surface area (Å²) >= 11 is 1.10. The molecule has 0 spiro atoms. The molecule has 2 aromatic heterocycles. The van der Waals surface area contributed by atoms with Crippen LogP contribution in [-0.2, 0) is 4.79 Å². The van der Waals surface area contributed by atoms with E-state index in [2.05, 4.69) is 14.9 Å². The summed E-state index contributed by atoms with van der Waals surface area (Å²) < 4.78 is 9.44. The normalized spacial score (nSPS) is 15.5. The Bertz CT molecular complexity index is 982. The van der Waals surface area contributed by atoms with Crippen LogP contribution in [0.2, 0.25) is 0 Å². The third-order valence-corrected chi connectivity index (χ3v) is 5.85. The van der Waals surface area contributed by atoms with Gasteiger partial charge in [0, 0.05) is 17.1 Å². The highest BCUT2D eigenvalue weighted by atomic mass is 32.1. The Morgan fingerprint density at radius 2 is 2.03 bits per heavy atom. The van der Waals surface area contributed by atoms with E-state index in [1.165, 1.54) is 17.6 Å². The maximum atomic E-state index is 13.5. The number of carbonyl (C=O) groups is 2. The Balaban J connectivity index is 1.74. The second kappa shape index (κ2) is 9.21. The number of nitrogens with one attached hydrogen (secondary N) is 1. The number of carbonyl (C=O) groups excluding carboxylic acids is 2. The molecular formula is C22H24N4O3S. The van der Waals surface area contributed by atoms with Crippen LogP contribution in [-0.4, -0.2) is 27.4 Å². The zero-order valence-corrected chi connectivity index (χ0v) is 17.6. The largest absolute Gasteiger partial charge is 0.467 e. The number of rotatable bonds is 6. The van der Waals surface area contributed by atoms with Gasteiger partial charge < -0.3 is 9.73 Å². The molecule has 1 aliphatic carbocycles. The molecule has 3 aromatic rings. The van der Waals surface area contributed by atoms with Gasteiger partial charge in [-0.1, -0.05) is 35.9 Å². The van der Waals surface area contributed by atoms with Crippen molar-refractivity contribution in [3.63, 3.8) is 0 Å². The summed E-state index contributed by atoms with van der Waals surface area (Å²) in [6, 6.07) is 10.1. The third kappa shape index (κ3) is 4.43. The summed E-state index contributed by atoms with van der Waals surface area (Å²) in [6.45, 7) is 1.94. The van der Waals surface area contributed by atoms with Gasteiger partial charge in [0.25, 0.3) is 11.8 Å². The van der Waals surface area contributed by atoms with Crippen molar-refractivity contribution >= 4 is 29.0 Å². The predicted octanol–water partition coefficient (Wildman–Crippen LogP) is 4.28. The molecule has 1 saturated carbocycles. The minimum absolute atomic E-state index is 0.110. The van der Waals surface area contributed by atoms with E-state index in [-0.39, 0.29) is 17.6 Å². The molecule has 1 fully saturated rings. The highest BCUT2D eigenvalue weighted by Crippen LogP contribution is 2.31. The van der Waals surface area contributed by atoms with E-state index in [1.807, 2.05) is 31.2 Å². The monoisotopic (exact) mass is 424 g/mol. The molecule has 156 valence electrons. The predicted molar refractivity (Wildman–Crippen MR) is 114 cm³/mol. The number of anilines is 1. The molecule has 0 unspecified atom stereocenters. The number of furan rings is 1.